The third-order valence-electron chi connectivity index (χ3n) is 2.94. The van der Waals surface area contributed by atoms with E-state index in [1.807, 2.05) is 6.92 Å². The van der Waals surface area contributed by atoms with Crippen LogP contribution in [0.2, 0.25) is 0 Å². The Morgan fingerprint density at radius 3 is 2.82 bits per heavy atom. The highest BCUT2D eigenvalue weighted by Gasteiger charge is 2.35. The first-order valence-electron chi connectivity index (χ1n) is 6.30. The zero-order valence-electron chi connectivity index (χ0n) is 10.6. The molecule has 0 spiro atoms. The molecule has 0 aromatic carbocycles. The number of likely N-dealkylation sites (tertiary alicyclic amines) is 1. The molecule has 1 rings (SSSR count). The van der Waals surface area contributed by atoms with E-state index in [0.717, 1.165) is 19.3 Å². The average molecular weight is 242 g/mol. The Labute approximate surface area is 102 Å². The highest BCUT2D eigenvalue weighted by Crippen LogP contribution is 2.19. The van der Waals surface area contributed by atoms with Gasteiger partial charge in [0.2, 0.25) is 5.91 Å². The molecule has 0 aromatic heterocycles. The summed E-state index contributed by atoms with van der Waals surface area (Å²) in [4.78, 5) is 25.1. The summed E-state index contributed by atoms with van der Waals surface area (Å²) in [5.74, 6) is -0.454. The van der Waals surface area contributed by atoms with Crippen LogP contribution in [0.5, 0.6) is 0 Å². The average Bonchev–Trinajstić information content (AvgIpc) is 2.76. The molecule has 0 unspecified atom stereocenters. The number of rotatable bonds is 5. The van der Waals surface area contributed by atoms with Gasteiger partial charge in [-0.2, -0.15) is 0 Å². The van der Waals surface area contributed by atoms with Crippen molar-refractivity contribution in [3.05, 3.63) is 0 Å². The predicted molar refractivity (Wildman–Crippen MR) is 64.3 cm³/mol. The van der Waals surface area contributed by atoms with E-state index < -0.39 is 12.1 Å². The molecule has 98 valence electrons. The molecule has 0 aromatic rings. The summed E-state index contributed by atoms with van der Waals surface area (Å²) in [5.41, 5.74) is 5.56. The van der Waals surface area contributed by atoms with E-state index >= 15 is 0 Å². The van der Waals surface area contributed by atoms with Crippen LogP contribution in [0.4, 0.5) is 0 Å². The number of nitrogens with two attached hydrogens (primary N) is 1. The van der Waals surface area contributed by atoms with Gasteiger partial charge in [-0.15, -0.1) is 0 Å². The van der Waals surface area contributed by atoms with Crippen LogP contribution in [0.3, 0.4) is 0 Å². The zero-order valence-corrected chi connectivity index (χ0v) is 10.6. The summed E-state index contributed by atoms with van der Waals surface area (Å²) in [6, 6.07) is -0.982. The van der Waals surface area contributed by atoms with Crippen molar-refractivity contribution in [1.29, 1.82) is 0 Å². The number of hydrogen-bond donors (Lipinski definition) is 1. The van der Waals surface area contributed by atoms with E-state index in [9.17, 15) is 9.59 Å². The monoisotopic (exact) mass is 242 g/mol. The van der Waals surface area contributed by atoms with E-state index in [1.54, 1.807) is 11.8 Å². The van der Waals surface area contributed by atoms with Gasteiger partial charge in [0.15, 0.2) is 0 Å². The molecular formula is C12H22N2O3. The van der Waals surface area contributed by atoms with Crippen LogP contribution in [0.1, 0.15) is 39.5 Å². The van der Waals surface area contributed by atoms with E-state index in [4.69, 9.17) is 10.5 Å². The molecule has 17 heavy (non-hydrogen) atoms. The fourth-order valence-electron chi connectivity index (χ4n) is 1.95. The van der Waals surface area contributed by atoms with Gasteiger partial charge in [-0.1, -0.05) is 13.3 Å². The minimum atomic E-state index is -0.556. The highest BCUT2D eigenvalue weighted by molar-refractivity contribution is 5.87. The fourth-order valence-corrected chi connectivity index (χ4v) is 1.95. The van der Waals surface area contributed by atoms with Crippen molar-refractivity contribution in [2.75, 3.05) is 13.2 Å². The van der Waals surface area contributed by atoms with Gasteiger partial charge in [0.25, 0.3) is 0 Å². The molecule has 1 amide bonds. The molecule has 2 N–H and O–H groups in total. The zero-order chi connectivity index (χ0) is 12.8. The summed E-state index contributed by atoms with van der Waals surface area (Å²) in [7, 11) is 0. The Morgan fingerprint density at radius 2 is 2.24 bits per heavy atom. The molecule has 5 heteroatoms. The van der Waals surface area contributed by atoms with Crippen molar-refractivity contribution in [2.24, 2.45) is 5.73 Å². The minimum Gasteiger partial charge on any atom is -0.464 e. The van der Waals surface area contributed by atoms with E-state index in [-0.39, 0.29) is 11.9 Å². The SMILES string of the molecule is CCCCOC(=O)[C@@H]1CCCN1C(=O)[C@@H](C)N. The number of esters is 1. The summed E-state index contributed by atoms with van der Waals surface area (Å²) < 4.78 is 5.15. The van der Waals surface area contributed by atoms with Gasteiger partial charge < -0.3 is 15.4 Å². The van der Waals surface area contributed by atoms with Crippen molar-refractivity contribution in [3.8, 4) is 0 Å². The van der Waals surface area contributed by atoms with Crippen LogP contribution in [-0.4, -0.2) is 42.0 Å². The molecule has 2 atom stereocenters. The molecule has 0 radical (unpaired) electrons. The molecular weight excluding hydrogens is 220 g/mol. The molecule has 1 heterocycles. The van der Waals surface area contributed by atoms with Gasteiger partial charge in [0, 0.05) is 6.54 Å². The molecule has 0 bridgehead atoms. The normalized spacial score (nSPS) is 21.4. The molecule has 0 aliphatic carbocycles. The Kier molecular flexibility index (Phi) is 5.41. The predicted octanol–water partition coefficient (Wildman–Crippen LogP) is 0.668. The number of carbonyl (C=O) groups is 2. The topological polar surface area (TPSA) is 72.6 Å². The van der Waals surface area contributed by atoms with Gasteiger partial charge in [-0.05, 0) is 26.2 Å². The second-order valence-electron chi connectivity index (χ2n) is 4.50. The summed E-state index contributed by atoms with van der Waals surface area (Å²) in [5, 5.41) is 0. The van der Waals surface area contributed by atoms with E-state index in [0.29, 0.717) is 19.6 Å². The molecule has 1 aliphatic rings. The molecule has 5 nitrogen and oxygen atoms in total. The first-order valence-corrected chi connectivity index (χ1v) is 6.30. The second-order valence-corrected chi connectivity index (χ2v) is 4.50. The van der Waals surface area contributed by atoms with Crippen molar-refractivity contribution in [2.45, 2.75) is 51.6 Å². The fraction of sp³-hybridized carbons (Fsp3) is 0.833. The van der Waals surface area contributed by atoms with Crippen molar-refractivity contribution in [3.63, 3.8) is 0 Å². The van der Waals surface area contributed by atoms with Crippen LogP contribution in [-0.2, 0) is 14.3 Å². The molecule has 1 saturated heterocycles. The van der Waals surface area contributed by atoms with Crippen molar-refractivity contribution < 1.29 is 14.3 Å². The van der Waals surface area contributed by atoms with E-state index in [1.165, 1.54) is 0 Å². The van der Waals surface area contributed by atoms with Gasteiger partial charge in [-0.25, -0.2) is 4.79 Å². The van der Waals surface area contributed by atoms with E-state index in [2.05, 4.69) is 0 Å². The number of amides is 1. The lowest BCUT2D eigenvalue weighted by atomic mass is 10.2. The standard InChI is InChI=1S/C12H22N2O3/c1-3-4-8-17-12(16)10-6-5-7-14(10)11(15)9(2)13/h9-10H,3-8,13H2,1-2H3/t9-,10+/m1/s1. The summed E-state index contributed by atoms with van der Waals surface area (Å²) >= 11 is 0. The second kappa shape index (κ2) is 6.59. The molecule has 0 saturated carbocycles. The van der Waals surface area contributed by atoms with Crippen LogP contribution >= 0.6 is 0 Å². The number of unbranched alkanes of at least 4 members (excludes halogenated alkanes) is 1. The van der Waals surface area contributed by atoms with Gasteiger partial charge >= 0.3 is 5.97 Å². The Balaban J connectivity index is 2.51. The Morgan fingerprint density at radius 1 is 1.53 bits per heavy atom. The van der Waals surface area contributed by atoms with Crippen LogP contribution in [0, 0.1) is 0 Å². The maximum atomic E-state index is 11.8. The van der Waals surface area contributed by atoms with Crippen LogP contribution < -0.4 is 5.73 Å². The number of nitrogens with zero attached hydrogens (tertiary/aromatic N) is 1. The third kappa shape index (κ3) is 3.70. The van der Waals surface area contributed by atoms with Gasteiger partial charge in [0.05, 0.1) is 12.6 Å². The Hall–Kier alpha value is -1.10. The lowest BCUT2D eigenvalue weighted by Crippen LogP contribution is -2.47. The van der Waals surface area contributed by atoms with Gasteiger partial charge in [-0.3, -0.25) is 4.79 Å². The highest BCUT2D eigenvalue weighted by atomic mass is 16.5. The lowest BCUT2D eigenvalue weighted by molar-refractivity contribution is -0.153. The number of carbonyl (C=O) groups excluding carboxylic acids is 2. The summed E-state index contributed by atoms with van der Waals surface area (Å²) in [6.07, 6.45) is 3.37. The quantitative estimate of drug-likeness (QED) is 0.568. The minimum absolute atomic E-state index is 0.167. The smallest absolute Gasteiger partial charge is 0.328 e. The molecule has 1 fully saturated rings. The van der Waals surface area contributed by atoms with Crippen molar-refractivity contribution >= 4 is 11.9 Å². The van der Waals surface area contributed by atoms with Crippen molar-refractivity contribution in [1.82, 2.24) is 4.90 Å². The molecule has 1 aliphatic heterocycles. The van der Waals surface area contributed by atoms with Crippen LogP contribution in [0.25, 0.3) is 0 Å². The van der Waals surface area contributed by atoms with Crippen LogP contribution in [0.15, 0.2) is 0 Å². The Bertz CT molecular complexity index is 279. The number of hydrogen-bond acceptors (Lipinski definition) is 4. The third-order valence-corrected chi connectivity index (χ3v) is 2.94. The maximum absolute atomic E-state index is 11.8. The first-order chi connectivity index (χ1) is 8.07. The number of ether oxygens (including phenoxy) is 1. The maximum Gasteiger partial charge on any atom is 0.328 e. The first kappa shape index (κ1) is 14.0. The summed E-state index contributed by atoms with van der Waals surface area (Å²) in [6.45, 7) is 4.72. The van der Waals surface area contributed by atoms with Gasteiger partial charge in [0.1, 0.15) is 6.04 Å². The largest absolute Gasteiger partial charge is 0.464 e. The lowest BCUT2D eigenvalue weighted by Gasteiger charge is -2.24.